The maximum Gasteiger partial charge on any atom is 0.224 e. The van der Waals surface area contributed by atoms with Gasteiger partial charge in [-0.2, -0.15) is 0 Å². The van der Waals surface area contributed by atoms with Gasteiger partial charge in [0.15, 0.2) is 11.5 Å². The smallest absolute Gasteiger partial charge is 0.224 e. The minimum Gasteiger partial charge on any atom is -0.493 e. The predicted molar refractivity (Wildman–Crippen MR) is 87.2 cm³/mol. The number of likely N-dealkylation sites (N-methyl/N-ethyl adjacent to an activating group) is 1. The van der Waals surface area contributed by atoms with Gasteiger partial charge in [-0.3, -0.25) is 0 Å². The highest BCUT2D eigenvalue weighted by atomic mass is 35.5. The first kappa shape index (κ1) is 15.1. The summed E-state index contributed by atoms with van der Waals surface area (Å²) in [5, 5.41) is 4.56. The molecule has 0 radical (unpaired) electrons. The molecule has 2 aromatic rings. The molecule has 7 heteroatoms. The van der Waals surface area contributed by atoms with E-state index in [9.17, 15) is 0 Å². The van der Waals surface area contributed by atoms with Crippen LogP contribution in [-0.2, 0) is 0 Å². The topological polar surface area (TPSA) is 59.5 Å². The number of methoxy groups -OCH3 is 2. The molecule has 1 aliphatic heterocycles. The largest absolute Gasteiger partial charge is 0.493 e. The zero-order valence-corrected chi connectivity index (χ0v) is 13.6. The van der Waals surface area contributed by atoms with Crippen molar-refractivity contribution in [1.29, 1.82) is 0 Å². The summed E-state index contributed by atoms with van der Waals surface area (Å²) in [6, 6.07) is 4.05. The van der Waals surface area contributed by atoms with Crippen LogP contribution in [0.1, 0.15) is 6.42 Å². The molecule has 1 aromatic carbocycles. The van der Waals surface area contributed by atoms with E-state index in [2.05, 4.69) is 27.2 Å². The number of aromatic nitrogens is 2. The molecular weight excluding hydrogens is 304 g/mol. The van der Waals surface area contributed by atoms with Crippen LogP contribution in [0.2, 0.25) is 5.28 Å². The maximum atomic E-state index is 6.06. The van der Waals surface area contributed by atoms with E-state index < -0.39 is 0 Å². The molecule has 2 heterocycles. The Kier molecular flexibility index (Phi) is 4.22. The molecule has 1 atom stereocenters. The number of likely N-dealkylation sites (tertiary alicyclic amines) is 1. The minimum atomic E-state index is 0.216. The molecule has 0 aliphatic carbocycles. The van der Waals surface area contributed by atoms with Gasteiger partial charge in [-0.25, -0.2) is 9.97 Å². The highest BCUT2D eigenvalue weighted by Gasteiger charge is 2.21. The van der Waals surface area contributed by atoms with Crippen molar-refractivity contribution in [2.45, 2.75) is 12.5 Å². The van der Waals surface area contributed by atoms with Gasteiger partial charge >= 0.3 is 0 Å². The van der Waals surface area contributed by atoms with E-state index in [1.807, 2.05) is 12.1 Å². The van der Waals surface area contributed by atoms with Crippen LogP contribution in [0.25, 0.3) is 10.9 Å². The molecule has 1 N–H and O–H groups in total. The first-order valence-corrected chi connectivity index (χ1v) is 7.53. The summed E-state index contributed by atoms with van der Waals surface area (Å²) in [5.41, 5.74) is 0.728. The molecule has 118 valence electrons. The first-order chi connectivity index (χ1) is 10.6. The van der Waals surface area contributed by atoms with Gasteiger partial charge in [0.25, 0.3) is 0 Å². The van der Waals surface area contributed by atoms with Crippen molar-refractivity contribution in [1.82, 2.24) is 14.9 Å². The van der Waals surface area contributed by atoms with Crippen LogP contribution in [0.3, 0.4) is 0 Å². The third-order valence-corrected chi connectivity index (χ3v) is 4.07. The number of ether oxygens (including phenoxy) is 2. The standard InChI is InChI=1S/C15H19ClN4O2/c1-20-5-4-9(8-20)17-14-10-6-12(21-2)13(22-3)7-11(10)18-15(16)19-14/h6-7,9H,4-5,8H2,1-3H3,(H,17,18,19). The third-order valence-electron chi connectivity index (χ3n) is 3.91. The fourth-order valence-corrected chi connectivity index (χ4v) is 2.96. The lowest BCUT2D eigenvalue weighted by atomic mass is 10.2. The van der Waals surface area contributed by atoms with Crippen LogP contribution in [0, 0.1) is 0 Å². The monoisotopic (exact) mass is 322 g/mol. The number of nitrogens with zero attached hydrogens (tertiary/aromatic N) is 3. The van der Waals surface area contributed by atoms with Crippen molar-refractivity contribution in [3.63, 3.8) is 0 Å². The van der Waals surface area contributed by atoms with Crippen molar-refractivity contribution < 1.29 is 9.47 Å². The molecule has 0 amide bonds. The number of anilines is 1. The second-order valence-corrected chi connectivity index (χ2v) is 5.80. The lowest BCUT2D eigenvalue weighted by Crippen LogP contribution is -2.24. The lowest BCUT2D eigenvalue weighted by Gasteiger charge is -2.16. The van der Waals surface area contributed by atoms with E-state index in [-0.39, 0.29) is 5.28 Å². The van der Waals surface area contributed by atoms with Gasteiger partial charge in [-0.05, 0) is 37.7 Å². The van der Waals surface area contributed by atoms with Gasteiger partial charge in [-0.15, -0.1) is 0 Å². The number of hydrogen-bond donors (Lipinski definition) is 1. The van der Waals surface area contributed by atoms with Crippen molar-refractivity contribution in [2.24, 2.45) is 0 Å². The van der Waals surface area contributed by atoms with E-state index in [0.717, 1.165) is 36.2 Å². The van der Waals surface area contributed by atoms with Crippen molar-refractivity contribution in [2.75, 3.05) is 39.7 Å². The van der Waals surface area contributed by atoms with Gasteiger partial charge in [0.2, 0.25) is 5.28 Å². The number of hydrogen-bond acceptors (Lipinski definition) is 6. The predicted octanol–water partition coefficient (Wildman–Crippen LogP) is 2.42. The van der Waals surface area contributed by atoms with E-state index in [1.165, 1.54) is 0 Å². The Labute approximate surface area is 134 Å². The minimum absolute atomic E-state index is 0.216. The first-order valence-electron chi connectivity index (χ1n) is 7.15. The molecule has 0 spiro atoms. The van der Waals surface area contributed by atoms with E-state index in [1.54, 1.807) is 14.2 Å². The van der Waals surface area contributed by atoms with Crippen LogP contribution < -0.4 is 14.8 Å². The summed E-state index contributed by atoms with van der Waals surface area (Å²) in [5.74, 6) is 2.00. The normalized spacial score (nSPS) is 18.6. The molecule has 1 saturated heterocycles. The molecule has 0 bridgehead atoms. The van der Waals surface area contributed by atoms with E-state index in [0.29, 0.717) is 17.5 Å². The van der Waals surface area contributed by atoms with Crippen LogP contribution in [0.15, 0.2) is 12.1 Å². The third kappa shape index (κ3) is 2.89. The van der Waals surface area contributed by atoms with Crippen LogP contribution in [0.4, 0.5) is 5.82 Å². The molecule has 0 saturated carbocycles. The van der Waals surface area contributed by atoms with Crippen molar-refractivity contribution >= 4 is 28.3 Å². The Morgan fingerprint density at radius 2 is 1.95 bits per heavy atom. The van der Waals surface area contributed by atoms with Gasteiger partial charge < -0.3 is 19.7 Å². The number of nitrogens with one attached hydrogen (secondary N) is 1. The molecule has 1 aromatic heterocycles. The molecule has 6 nitrogen and oxygen atoms in total. The van der Waals surface area contributed by atoms with Gasteiger partial charge in [0, 0.05) is 24.0 Å². The summed E-state index contributed by atoms with van der Waals surface area (Å²) in [6.07, 6.45) is 1.08. The lowest BCUT2D eigenvalue weighted by molar-refractivity contribution is 0.356. The van der Waals surface area contributed by atoms with Gasteiger partial charge in [0.1, 0.15) is 5.82 Å². The number of benzene rings is 1. The Hall–Kier alpha value is -1.79. The molecule has 3 rings (SSSR count). The number of halogens is 1. The van der Waals surface area contributed by atoms with Crippen molar-refractivity contribution in [3.05, 3.63) is 17.4 Å². The van der Waals surface area contributed by atoms with Crippen LogP contribution in [0.5, 0.6) is 11.5 Å². The highest BCUT2D eigenvalue weighted by molar-refractivity contribution is 6.28. The van der Waals surface area contributed by atoms with Crippen LogP contribution in [-0.4, -0.2) is 55.3 Å². The van der Waals surface area contributed by atoms with E-state index in [4.69, 9.17) is 21.1 Å². The number of fused-ring (bicyclic) bond motifs is 1. The van der Waals surface area contributed by atoms with Crippen molar-refractivity contribution in [3.8, 4) is 11.5 Å². The molecule has 1 fully saturated rings. The average Bonchev–Trinajstić information content (AvgIpc) is 2.91. The Morgan fingerprint density at radius 1 is 1.23 bits per heavy atom. The highest BCUT2D eigenvalue weighted by Crippen LogP contribution is 2.35. The number of rotatable bonds is 4. The van der Waals surface area contributed by atoms with E-state index >= 15 is 0 Å². The molecule has 1 unspecified atom stereocenters. The SMILES string of the molecule is COc1cc2nc(Cl)nc(NC3CCN(C)C3)c2cc1OC. The average molecular weight is 323 g/mol. The zero-order valence-electron chi connectivity index (χ0n) is 12.9. The molecular formula is C15H19ClN4O2. The Balaban J connectivity index is 2.04. The molecule has 1 aliphatic rings. The quantitative estimate of drug-likeness (QED) is 0.872. The van der Waals surface area contributed by atoms with Gasteiger partial charge in [-0.1, -0.05) is 0 Å². The second kappa shape index (κ2) is 6.14. The summed E-state index contributed by atoms with van der Waals surface area (Å²) in [6.45, 7) is 2.06. The molecule has 22 heavy (non-hydrogen) atoms. The zero-order chi connectivity index (χ0) is 15.7. The Bertz CT molecular complexity index is 695. The maximum absolute atomic E-state index is 6.06. The summed E-state index contributed by atoms with van der Waals surface area (Å²) in [4.78, 5) is 10.9. The fraction of sp³-hybridized carbons (Fsp3) is 0.467. The van der Waals surface area contributed by atoms with Crippen LogP contribution >= 0.6 is 11.6 Å². The Morgan fingerprint density at radius 3 is 2.59 bits per heavy atom. The summed E-state index contributed by atoms with van der Waals surface area (Å²) in [7, 11) is 5.32. The summed E-state index contributed by atoms with van der Waals surface area (Å²) < 4.78 is 10.7. The summed E-state index contributed by atoms with van der Waals surface area (Å²) >= 11 is 6.06. The fourth-order valence-electron chi connectivity index (χ4n) is 2.78. The van der Waals surface area contributed by atoms with Gasteiger partial charge in [0.05, 0.1) is 19.7 Å². The second-order valence-electron chi connectivity index (χ2n) is 5.46.